The minimum Gasteiger partial charge on any atom is -0.486 e. The summed E-state index contributed by atoms with van der Waals surface area (Å²) >= 11 is 7.29. The molecule has 1 aromatic heterocycles. The minimum atomic E-state index is 0.461. The third-order valence-electron chi connectivity index (χ3n) is 2.56. The molecule has 18 heavy (non-hydrogen) atoms. The maximum Gasteiger partial charge on any atom is 0.140 e. The van der Waals surface area contributed by atoms with Crippen molar-refractivity contribution in [2.24, 2.45) is 0 Å². The van der Waals surface area contributed by atoms with Crippen molar-refractivity contribution in [2.75, 3.05) is 0 Å². The lowest BCUT2D eigenvalue weighted by molar-refractivity contribution is 0.305. The van der Waals surface area contributed by atoms with Crippen LogP contribution < -0.4 is 4.74 Å². The Kier molecular flexibility index (Phi) is 5.02. The van der Waals surface area contributed by atoms with E-state index >= 15 is 0 Å². The van der Waals surface area contributed by atoms with Crippen LogP contribution in [0.2, 0.25) is 0 Å². The third kappa shape index (κ3) is 3.72. The third-order valence-corrected chi connectivity index (χ3v) is 3.71. The van der Waals surface area contributed by atoms with Gasteiger partial charge in [-0.05, 0) is 24.1 Å². The van der Waals surface area contributed by atoms with Crippen LogP contribution in [0.4, 0.5) is 0 Å². The molecule has 4 heteroatoms. The summed E-state index contributed by atoms with van der Waals surface area (Å²) in [6.45, 7) is 2.69. The van der Waals surface area contributed by atoms with E-state index in [-0.39, 0.29) is 0 Å². The Labute approximate surface area is 117 Å². The Hall–Kier alpha value is -1.06. The lowest BCUT2D eigenvalue weighted by Crippen LogP contribution is -1.95. The second-order valence-corrected chi connectivity index (χ2v) is 5.26. The van der Waals surface area contributed by atoms with Crippen molar-refractivity contribution in [3.8, 4) is 5.75 Å². The zero-order valence-electron chi connectivity index (χ0n) is 10.4. The molecule has 2 nitrogen and oxygen atoms in total. The van der Waals surface area contributed by atoms with Gasteiger partial charge in [-0.2, -0.15) is 0 Å². The number of thiazole rings is 1. The average molecular weight is 282 g/mol. The maximum atomic E-state index is 5.71. The molecule has 0 aliphatic heterocycles. The van der Waals surface area contributed by atoms with Crippen LogP contribution in [0, 0.1) is 0 Å². The first kappa shape index (κ1) is 13.4. The molecule has 0 amide bonds. The van der Waals surface area contributed by atoms with Gasteiger partial charge >= 0.3 is 0 Å². The molecule has 1 aromatic carbocycles. The first-order valence-electron chi connectivity index (χ1n) is 6.02. The first-order valence-corrected chi connectivity index (χ1v) is 7.44. The zero-order chi connectivity index (χ0) is 12.8. The summed E-state index contributed by atoms with van der Waals surface area (Å²) in [5, 5.41) is 2.93. The first-order chi connectivity index (χ1) is 8.81. The van der Waals surface area contributed by atoms with E-state index in [4.69, 9.17) is 16.3 Å². The van der Waals surface area contributed by atoms with E-state index in [0.29, 0.717) is 12.5 Å². The zero-order valence-corrected chi connectivity index (χ0v) is 11.9. The van der Waals surface area contributed by atoms with Gasteiger partial charge in [-0.15, -0.1) is 22.9 Å². The molecule has 0 atom stereocenters. The molecular weight excluding hydrogens is 266 g/mol. The van der Waals surface area contributed by atoms with E-state index in [1.165, 1.54) is 12.0 Å². The monoisotopic (exact) mass is 281 g/mol. The number of ether oxygens (including phenoxy) is 1. The van der Waals surface area contributed by atoms with Crippen molar-refractivity contribution >= 4 is 22.9 Å². The van der Waals surface area contributed by atoms with Gasteiger partial charge in [-0.3, -0.25) is 0 Å². The summed E-state index contributed by atoms with van der Waals surface area (Å²) in [6.07, 6.45) is 2.28. The number of rotatable bonds is 6. The highest BCUT2D eigenvalue weighted by Gasteiger charge is 2.02. The fourth-order valence-corrected chi connectivity index (χ4v) is 2.60. The standard InChI is InChI=1S/C14H16ClNOS/c1-2-3-11-4-6-13(7-5-11)17-9-14-16-12(8-15)10-18-14/h4-7,10H,2-3,8-9H2,1H3. The Morgan fingerprint density at radius 2 is 2.06 bits per heavy atom. The van der Waals surface area contributed by atoms with Gasteiger partial charge in [-0.1, -0.05) is 25.5 Å². The molecule has 0 saturated heterocycles. The quantitative estimate of drug-likeness (QED) is 0.732. The van der Waals surface area contributed by atoms with E-state index in [1.54, 1.807) is 11.3 Å². The average Bonchev–Trinajstić information content (AvgIpc) is 2.86. The van der Waals surface area contributed by atoms with Crippen LogP contribution in [-0.4, -0.2) is 4.98 Å². The van der Waals surface area contributed by atoms with Crippen molar-refractivity contribution in [3.63, 3.8) is 0 Å². The van der Waals surface area contributed by atoms with Crippen molar-refractivity contribution in [1.82, 2.24) is 4.98 Å². The molecule has 0 aliphatic carbocycles. The molecule has 0 fully saturated rings. The van der Waals surface area contributed by atoms with Crippen molar-refractivity contribution in [3.05, 3.63) is 45.9 Å². The minimum absolute atomic E-state index is 0.461. The van der Waals surface area contributed by atoms with Gasteiger partial charge in [0.05, 0.1) is 11.6 Å². The van der Waals surface area contributed by atoms with E-state index in [1.807, 2.05) is 17.5 Å². The SMILES string of the molecule is CCCc1ccc(OCc2nc(CCl)cs2)cc1. The van der Waals surface area contributed by atoms with Crippen LogP contribution in [0.5, 0.6) is 5.75 Å². The van der Waals surface area contributed by atoms with Crippen LogP contribution in [0.25, 0.3) is 0 Å². The molecule has 2 rings (SSSR count). The Bertz CT molecular complexity index is 481. The van der Waals surface area contributed by atoms with E-state index in [9.17, 15) is 0 Å². The molecule has 1 heterocycles. The summed E-state index contributed by atoms with van der Waals surface area (Å²) in [6, 6.07) is 8.26. The van der Waals surface area contributed by atoms with Crippen LogP contribution >= 0.6 is 22.9 Å². The second kappa shape index (κ2) is 6.76. The van der Waals surface area contributed by atoms with Gasteiger partial charge in [-0.25, -0.2) is 4.98 Å². The predicted octanol–water partition coefficient (Wildman–Crippen LogP) is 4.41. The van der Waals surface area contributed by atoms with Gasteiger partial charge in [0, 0.05) is 5.38 Å². The summed E-state index contributed by atoms with van der Waals surface area (Å²) < 4.78 is 5.69. The molecule has 0 bridgehead atoms. The van der Waals surface area contributed by atoms with E-state index in [0.717, 1.165) is 22.9 Å². The summed E-state index contributed by atoms with van der Waals surface area (Å²) in [5.74, 6) is 1.35. The number of aryl methyl sites for hydroxylation is 1. The van der Waals surface area contributed by atoms with E-state index < -0.39 is 0 Å². The number of benzene rings is 1. The van der Waals surface area contributed by atoms with Crippen molar-refractivity contribution in [1.29, 1.82) is 0 Å². The Morgan fingerprint density at radius 1 is 1.28 bits per heavy atom. The number of hydrogen-bond acceptors (Lipinski definition) is 3. The highest BCUT2D eigenvalue weighted by atomic mass is 35.5. The molecule has 0 aliphatic rings. The normalized spacial score (nSPS) is 10.6. The van der Waals surface area contributed by atoms with Gasteiger partial charge in [0.15, 0.2) is 0 Å². The topological polar surface area (TPSA) is 22.1 Å². The maximum absolute atomic E-state index is 5.71. The highest BCUT2D eigenvalue weighted by molar-refractivity contribution is 7.09. The fourth-order valence-electron chi connectivity index (χ4n) is 1.66. The molecule has 96 valence electrons. The molecule has 0 radical (unpaired) electrons. The molecule has 0 N–H and O–H groups in total. The van der Waals surface area contributed by atoms with Crippen LogP contribution in [0.1, 0.15) is 29.6 Å². The molecule has 2 aromatic rings. The molecular formula is C14H16ClNOS. The molecule has 0 unspecified atom stereocenters. The molecule has 0 spiro atoms. The largest absolute Gasteiger partial charge is 0.486 e. The summed E-state index contributed by atoms with van der Waals surface area (Å²) in [7, 11) is 0. The Morgan fingerprint density at radius 3 is 2.67 bits per heavy atom. The Balaban J connectivity index is 1.89. The smallest absolute Gasteiger partial charge is 0.140 e. The van der Waals surface area contributed by atoms with Gasteiger partial charge in [0.2, 0.25) is 0 Å². The van der Waals surface area contributed by atoms with E-state index in [2.05, 4.69) is 24.0 Å². The number of aromatic nitrogens is 1. The second-order valence-electron chi connectivity index (χ2n) is 4.05. The fraction of sp³-hybridized carbons (Fsp3) is 0.357. The predicted molar refractivity (Wildman–Crippen MR) is 76.4 cm³/mol. The van der Waals surface area contributed by atoms with Gasteiger partial charge in [0.1, 0.15) is 17.4 Å². The lowest BCUT2D eigenvalue weighted by Gasteiger charge is -2.05. The van der Waals surface area contributed by atoms with Gasteiger partial charge in [0.25, 0.3) is 0 Å². The van der Waals surface area contributed by atoms with Crippen LogP contribution in [0.3, 0.4) is 0 Å². The molecule has 0 saturated carbocycles. The van der Waals surface area contributed by atoms with Crippen molar-refractivity contribution in [2.45, 2.75) is 32.3 Å². The number of hydrogen-bond donors (Lipinski definition) is 0. The number of alkyl halides is 1. The van der Waals surface area contributed by atoms with Crippen LogP contribution in [-0.2, 0) is 18.9 Å². The lowest BCUT2D eigenvalue weighted by atomic mass is 10.1. The van der Waals surface area contributed by atoms with Crippen molar-refractivity contribution < 1.29 is 4.74 Å². The number of halogens is 1. The summed E-state index contributed by atoms with van der Waals surface area (Å²) in [4.78, 5) is 4.35. The summed E-state index contributed by atoms with van der Waals surface area (Å²) in [5.41, 5.74) is 2.27. The van der Waals surface area contributed by atoms with Gasteiger partial charge < -0.3 is 4.74 Å². The number of nitrogens with zero attached hydrogens (tertiary/aromatic N) is 1. The van der Waals surface area contributed by atoms with Crippen LogP contribution in [0.15, 0.2) is 29.6 Å². The highest BCUT2D eigenvalue weighted by Crippen LogP contribution is 2.17.